The van der Waals surface area contributed by atoms with Gasteiger partial charge in [0.15, 0.2) is 6.23 Å². The van der Waals surface area contributed by atoms with Crippen molar-refractivity contribution < 1.29 is 29.2 Å². The third kappa shape index (κ3) is 2.77. The minimum Gasteiger partial charge on any atom is -0.394 e. The van der Waals surface area contributed by atoms with Crippen molar-refractivity contribution in [2.45, 2.75) is 24.5 Å². The molecule has 3 N–H and O–H groups in total. The van der Waals surface area contributed by atoms with Gasteiger partial charge in [-0.2, -0.15) is 0 Å². The predicted molar refractivity (Wildman–Crippen MR) is 85.7 cm³/mol. The van der Waals surface area contributed by atoms with Gasteiger partial charge in [-0.15, -0.1) is 0 Å². The molecule has 0 amide bonds. The summed E-state index contributed by atoms with van der Waals surface area (Å²) in [6.45, 7) is 1.90. The summed E-state index contributed by atoms with van der Waals surface area (Å²) in [6.07, 6.45) is -2.85. The second kappa shape index (κ2) is 6.50. The van der Waals surface area contributed by atoms with Crippen LogP contribution in [0.2, 0.25) is 0 Å². The zero-order valence-corrected chi connectivity index (χ0v) is 13.5. The second-order valence-electron chi connectivity index (χ2n) is 6.27. The van der Waals surface area contributed by atoms with Crippen LogP contribution in [0, 0.1) is 5.82 Å². The molecule has 0 bridgehead atoms. The van der Waals surface area contributed by atoms with E-state index in [0.29, 0.717) is 43.0 Å². The standard InChI is InChI=1S/C16H20FN3O5/c17-9-5-12-10(6-11(9)19-1-3-24-4-2-19)18-8-20(12)16-15(23)14(22)13(7-21)25-16/h5-6,8,13-16,21-23H,1-4,7H2/t13-,14-,15-,16-/m1/s1. The van der Waals surface area contributed by atoms with Crippen molar-refractivity contribution in [2.75, 3.05) is 37.8 Å². The molecule has 0 unspecified atom stereocenters. The highest BCUT2D eigenvalue weighted by molar-refractivity contribution is 5.80. The van der Waals surface area contributed by atoms with Crippen molar-refractivity contribution in [1.82, 2.24) is 9.55 Å². The Hall–Kier alpha value is -1.78. The number of hydrogen-bond acceptors (Lipinski definition) is 7. The molecule has 2 fully saturated rings. The fraction of sp³-hybridized carbons (Fsp3) is 0.562. The van der Waals surface area contributed by atoms with E-state index in [0.717, 1.165) is 0 Å². The fourth-order valence-electron chi connectivity index (χ4n) is 3.40. The number of nitrogens with zero attached hydrogens (tertiary/aromatic N) is 3. The third-order valence-electron chi connectivity index (χ3n) is 4.79. The Morgan fingerprint density at radius 1 is 1.20 bits per heavy atom. The highest BCUT2D eigenvalue weighted by Crippen LogP contribution is 2.33. The maximum Gasteiger partial charge on any atom is 0.164 e. The Balaban J connectivity index is 1.69. The second-order valence-corrected chi connectivity index (χ2v) is 6.27. The maximum atomic E-state index is 14.6. The van der Waals surface area contributed by atoms with Crippen LogP contribution in [0.15, 0.2) is 18.5 Å². The SMILES string of the molecule is OC[C@H]1O[C@@H](n2cnc3cc(N4CCOCC4)c(F)cc32)[C@H](O)[C@@H]1O. The Labute approximate surface area is 143 Å². The molecule has 2 aliphatic rings. The van der Waals surface area contributed by atoms with Gasteiger partial charge < -0.3 is 34.3 Å². The number of imidazole rings is 1. The Morgan fingerprint density at radius 3 is 2.64 bits per heavy atom. The summed E-state index contributed by atoms with van der Waals surface area (Å²) in [6, 6.07) is 3.01. The van der Waals surface area contributed by atoms with Gasteiger partial charge in [0.25, 0.3) is 0 Å². The molecule has 25 heavy (non-hydrogen) atoms. The lowest BCUT2D eigenvalue weighted by atomic mass is 10.1. The zero-order chi connectivity index (χ0) is 17.6. The van der Waals surface area contributed by atoms with Crippen molar-refractivity contribution in [1.29, 1.82) is 0 Å². The Bertz CT molecular complexity index is 764. The molecule has 2 aliphatic heterocycles. The van der Waals surface area contributed by atoms with Crippen LogP contribution >= 0.6 is 0 Å². The first kappa shape index (κ1) is 16.7. The number of aliphatic hydroxyl groups is 3. The highest BCUT2D eigenvalue weighted by atomic mass is 19.1. The number of fused-ring (bicyclic) bond motifs is 1. The highest BCUT2D eigenvalue weighted by Gasteiger charge is 2.43. The van der Waals surface area contributed by atoms with Gasteiger partial charge in [0, 0.05) is 19.2 Å². The summed E-state index contributed by atoms with van der Waals surface area (Å²) in [4.78, 5) is 6.18. The summed E-state index contributed by atoms with van der Waals surface area (Å²) in [5.41, 5.74) is 1.46. The molecule has 1 aromatic carbocycles. The number of aromatic nitrogens is 2. The quantitative estimate of drug-likeness (QED) is 0.692. The van der Waals surface area contributed by atoms with Crippen LogP contribution in [0.1, 0.15) is 6.23 Å². The summed E-state index contributed by atoms with van der Waals surface area (Å²) in [7, 11) is 0. The summed E-state index contributed by atoms with van der Waals surface area (Å²) in [5.74, 6) is -0.400. The van der Waals surface area contributed by atoms with Crippen molar-refractivity contribution in [3.8, 4) is 0 Å². The lowest BCUT2D eigenvalue weighted by Crippen LogP contribution is -2.36. The third-order valence-corrected chi connectivity index (χ3v) is 4.79. The molecule has 136 valence electrons. The number of halogens is 1. The first-order chi connectivity index (χ1) is 12.1. The smallest absolute Gasteiger partial charge is 0.164 e. The van der Waals surface area contributed by atoms with Crippen LogP contribution < -0.4 is 4.90 Å². The molecule has 9 heteroatoms. The number of morpholine rings is 1. The minimum absolute atomic E-state index is 0.400. The van der Waals surface area contributed by atoms with Crippen LogP contribution in [0.4, 0.5) is 10.1 Å². The van der Waals surface area contributed by atoms with Gasteiger partial charge in [-0.1, -0.05) is 0 Å². The van der Waals surface area contributed by atoms with Crippen molar-refractivity contribution in [2.24, 2.45) is 0 Å². The molecule has 8 nitrogen and oxygen atoms in total. The van der Waals surface area contributed by atoms with Gasteiger partial charge in [-0.05, 0) is 6.07 Å². The van der Waals surface area contributed by atoms with E-state index >= 15 is 0 Å². The monoisotopic (exact) mass is 353 g/mol. The molecule has 0 aliphatic carbocycles. The molecule has 0 radical (unpaired) electrons. The normalized spacial score (nSPS) is 30.3. The van der Waals surface area contributed by atoms with Crippen LogP contribution in [0.25, 0.3) is 11.0 Å². The van der Waals surface area contributed by atoms with E-state index in [1.54, 1.807) is 6.07 Å². The fourth-order valence-corrected chi connectivity index (χ4v) is 3.40. The number of aliphatic hydroxyl groups excluding tert-OH is 3. The Morgan fingerprint density at radius 2 is 1.96 bits per heavy atom. The molecule has 1 aromatic heterocycles. The first-order valence-electron chi connectivity index (χ1n) is 8.21. The zero-order valence-electron chi connectivity index (χ0n) is 13.5. The molecular weight excluding hydrogens is 333 g/mol. The molecule has 2 saturated heterocycles. The van der Waals surface area contributed by atoms with Gasteiger partial charge in [-0.25, -0.2) is 9.37 Å². The van der Waals surface area contributed by atoms with E-state index in [1.807, 2.05) is 4.90 Å². The van der Waals surface area contributed by atoms with E-state index in [1.165, 1.54) is 17.0 Å². The predicted octanol–water partition coefficient (Wildman–Crippen LogP) is -0.377. The largest absolute Gasteiger partial charge is 0.394 e. The summed E-state index contributed by atoms with van der Waals surface area (Å²) in [5, 5.41) is 29.3. The van der Waals surface area contributed by atoms with Crippen LogP contribution in [0.5, 0.6) is 0 Å². The Kier molecular flexibility index (Phi) is 4.34. The van der Waals surface area contributed by atoms with Crippen molar-refractivity contribution >= 4 is 16.7 Å². The molecule has 2 aromatic rings. The number of benzene rings is 1. The molecule has 0 saturated carbocycles. The van der Waals surface area contributed by atoms with E-state index in [2.05, 4.69) is 4.98 Å². The van der Waals surface area contributed by atoms with Crippen LogP contribution in [-0.4, -0.2) is 76.1 Å². The maximum absolute atomic E-state index is 14.6. The lowest BCUT2D eigenvalue weighted by Gasteiger charge is -2.29. The van der Waals surface area contributed by atoms with Crippen molar-refractivity contribution in [3.63, 3.8) is 0 Å². The molecule has 3 heterocycles. The number of ether oxygens (including phenoxy) is 2. The molecule has 4 rings (SSSR count). The van der Waals surface area contributed by atoms with Gasteiger partial charge in [0.1, 0.15) is 24.1 Å². The molecule has 0 spiro atoms. The first-order valence-corrected chi connectivity index (χ1v) is 8.21. The lowest BCUT2D eigenvalue weighted by molar-refractivity contribution is -0.0508. The van der Waals surface area contributed by atoms with Crippen LogP contribution in [-0.2, 0) is 9.47 Å². The number of anilines is 1. The molecule has 4 atom stereocenters. The average Bonchev–Trinajstić information content (AvgIpc) is 3.16. The minimum atomic E-state index is -1.24. The van der Waals surface area contributed by atoms with Gasteiger partial charge >= 0.3 is 0 Å². The molecular formula is C16H20FN3O5. The van der Waals surface area contributed by atoms with Gasteiger partial charge in [-0.3, -0.25) is 0 Å². The number of hydrogen-bond donors (Lipinski definition) is 3. The number of rotatable bonds is 3. The van der Waals surface area contributed by atoms with Gasteiger partial charge in [0.05, 0.1) is 42.9 Å². The van der Waals surface area contributed by atoms with E-state index < -0.39 is 37.0 Å². The average molecular weight is 353 g/mol. The summed E-state index contributed by atoms with van der Waals surface area (Å²) < 4.78 is 26.9. The van der Waals surface area contributed by atoms with Crippen molar-refractivity contribution in [3.05, 3.63) is 24.3 Å². The van der Waals surface area contributed by atoms with Crippen LogP contribution in [0.3, 0.4) is 0 Å². The van der Waals surface area contributed by atoms with E-state index in [-0.39, 0.29) is 0 Å². The van der Waals surface area contributed by atoms with Gasteiger partial charge in [0.2, 0.25) is 0 Å². The topological polar surface area (TPSA) is 100 Å². The summed E-state index contributed by atoms with van der Waals surface area (Å²) >= 11 is 0. The van der Waals surface area contributed by atoms with E-state index in [4.69, 9.17) is 9.47 Å². The van der Waals surface area contributed by atoms with E-state index in [9.17, 15) is 19.7 Å².